The van der Waals surface area contributed by atoms with Gasteiger partial charge in [0.1, 0.15) is 11.3 Å². The molecule has 0 unspecified atom stereocenters. The summed E-state index contributed by atoms with van der Waals surface area (Å²) in [5.41, 5.74) is 0.804. The number of nitrogens with zero attached hydrogens (tertiary/aromatic N) is 1. The van der Waals surface area contributed by atoms with Crippen molar-refractivity contribution in [2.24, 2.45) is 0 Å². The van der Waals surface area contributed by atoms with Crippen LogP contribution >= 0.6 is 0 Å². The number of methoxy groups -OCH3 is 1. The van der Waals surface area contributed by atoms with Crippen LogP contribution in [0.5, 0.6) is 5.75 Å². The lowest BCUT2D eigenvalue weighted by molar-refractivity contribution is 0.103. The standard InChI is InChI=1S/C18H15NO5/c1-10-17-14(12(9-20)8-19-10)7-15(18(22)24-17)16(21)11-3-5-13(23-2)6-4-11/h3-8,20H,9H2,1-2H3. The number of aromatic nitrogens is 1. The lowest BCUT2D eigenvalue weighted by Gasteiger charge is -2.07. The van der Waals surface area contributed by atoms with E-state index in [2.05, 4.69) is 4.98 Å². The Balaban J connectivity index is 2.16. The third kappa shape index (κ3) is 2.68. The molecule has 0 atom stereocenters. The van der Waals surface area contributed by atoms with Crippen molar-refractivity contribution < 1.29 is 19.1 Å². The fourth-order valence-corrected chi connectivity index (χ4v) is 2.46. The van der Waals surface area contributed by atoms with E-state index in [4.69, 9.17) is 9.15 Å². The molecule has 2 aromatic heterocycles. The molecule has 0 bridgehead atoms. The predicted octanol–water partition coefficient (Wildman–Crippen LogP) is 2.23. The highest BCUT2D eigenvalue weighted by Crippen LogP contribution is 2.22. The van der Waals surface area contributed by atoms with Crippen LogP contribution in [0.2, 0.25) is 0 Å². The van der Waals surface area contributed by atoms with Crippen LogP contribution in [0.1, 0.15) is 27.2 Å². The average Bonchev–Trinajstić information content (AvgIpc) is 2.61. The molecule has 0 spiro atoms. The molecule has 122 valence electrons. The van der Waals surface area contributed by atoms with Gasteiger partial charge in [0.05, 0.1) is 19.4 Å². The number of ether oxygens (including phenoxy) is 1. The van der Waals surface area contributed by atoms with Crippen LogP contribution in [0, 0.1) is 6.92 Å². The average molecular weight is 325 g/mol. The van der Waals surface area contributed by atoms with E-state index in [1.807, 2.05) is 0 Å². The maximum atomic E-state index is 12.6. The number of carbonyl (C=O) groups is 1. The minimum absolute atomic E-state index is 0.0898. The van der Waals surface area contributed by atoms with Gasteiger partial charge in [0, 0.05) is 22.7 Å². The first-order valence-corrected chi connectivity index (χ1v) is 7.27. The number of fused-ring (bicyclic) bond motifs is 1. The lowest BCUT2D eigenvalue weighted by Crippen LogP contribution is -2.15. The SMILES string of the molecule is COc1ccc(C(=O)c2cc3c(CO)cnc(C)c3oc2=O)cc1. The van der Waals surface area contributed by atoms with Crippen molar-refractivity contribution in [1.29, 1.82) is 0 Å². The summed E-state index contributed by atoms with van der Waals surface area (Å²) in [6.07, 6.45) is 1.50. The van der Waals surface area contributed by atoms with Gasteiger partial charge in [-0.15, -0.1) is 0 Å². The zero-order chi connectivity index (χ0) is 17.3. The largest absolute Gasteiger partial charge is 0.497 e. The molecule has 1 N–H and O–H groups in total. The maximum absolute atomic E-state index is 12.6. The summed E-state index contributed by atoms with van der Waals surface area (Å²) in [5.74, 6) is 0.160. The number of carbonyl (C=O) groups excluding carboxylic acids is 1. The Bertz CT molecular complexity index is 973. The van der Waals surface area contributed by atoms with E-state index in [-0.39, 0.29) is 17.8 Å². The normalized spacial score (nSPS) is 10.8. The van der Waals surface area contributed by atoms with Crippen molar-refractivity contribution in [3.63, 3.8) is 0 Å². The number of aliphatic hydroxyl groups excluding tert-OH is 1. The van der Waals surface area contributed by atoms with Crippen LogP contribution in [0.4, 0.5) is 0 Å². The second kappa shape index (κ2) is 6.25. The van der Waals surface area contributed by atoms with Gasteiger partial charge in [-0.05, 0) is 37.3 Å². The van der Waals surface area contributed by atoms with Gasteiger partial charge in [0.15, 0.2) is 11.4 Å². The van der Waals surface area contributed by atoms with E-state index < -0.39 is 11.4 Å². The van der Waals surface area contributed by atoms with Crippen molar-refractivity contribution in [3.05, 3.63) is 69.3 Å². The molecule has 0 aliphatic rings. The number of pyridine rings is 1. The zero-order valence-corrected chi connectivity index (χ0v) is 13.2. The Labute approximate surface area is 137 Å². The number of rotatable bonds is 4. The van der Waals surface area contributed by atoms with Gasteiger partial charge in [0.2, 0.25) is 0 Å². The predicted molar refractivity (Wildman–Crippen MR) is 87.4 cm³/mol. The number of benzene rings is 1. The summed E-state index contributed by atoms with van der Waals surface area (Å²) in [5, 5.41) is 9.94. The molecular formula is C18H15NO5. The molecule has 0 saturated heterocycles. The van der Waals surface area contributed by atoms with Gasteiger partial charge in [-0.2, -0.15) is 0 Å². The molecule has 6 nitrogen and oxygen atoms in total. The van der Waals surface area contributed by atoms with Crippen LogP contribution < -0.4 is 10.4 Å². The highest BCUT2D eigenvalue weighted by atomic mass is 16.5. The number of aliphatic hydroxyl groups is 1. The van der Waals surface area contributed by atoms with Crippen LogP contribution in [0.3, 0.4) is 0 Å². The minimum Gasteiger partial charge on any atom is -0.497 e. The van der Waals surface area contributed by atoms with Gasteiger partial charge >= 0.3 is 5.63 Å². The van der Waals surface area contributed by atoms with E-state index in [0.717, 1.165) is 0 Å². The summed E-state index contributed by atoms with van der Waals surface area (Å²) in [6, 6.07) is 7.89. The number of aryl methyl sites for hydroxylation is 1. The first-order chi connectivity index (χ1) is 11.5. The summed E-state index contributed by atoms with van der Waals surface area (Å²) in [6.45, 7) is 1.42. The number of hydrogen-bond acceptors (Lipinski definition) is 6. The highest BCUT2D eigenvalue weighted by molar-refractivity contribution is 6.10. The molecule has 3 aromatic rings. The van der Waals surface area contributed by atoms with E-state index in [9.17, 15) is 14.7 Å². The second-order valence-corrected chi connectivity index (χ2v) is 5.27. The molecule has 0 fully saturated rings. The Morgan fingerprint density at radius 2 is 2.00 bits per heavy atom. The second-order valence-electron chi connectivity index (χ2n) is 5.27. The van der Waals surface area contributed by atoms with Gasteiger partial charge in [-0.25, -0.2) is 4.79 Å². The molecule has 24 heavy (non-hydrogen) atoms. The van der Waals surface area contributed by atoms with E-state index >= 15 is 0 Å². The topological polar surface area (TPSA) is 89.6 Å². The molecule has 0 radical (unpaired) electrons. The Morgan fingerprint density at radius 3 is 2.62 bits per heavy atom. The molecule has 1 aromatic carbocycles. The molecule has 0 aliphatic heterocycles. The van der Waals surface area contributed by atoms with Crippen LogP contribution in [0.25, 0.3) is 11.0 Å². The molecule has 2 heterocycles. The van der Waals surface area contributed by atoms with Gasteiger partial charge < -0.3 is 14.3 Å². The van der Waals surface area contributed by atoms with Crippen molar-refractivity contribution in [3.8, 4) is 5.75 Å². The Kier molecular flexibility index (Phi) is 4.14. The molecule has 0 amide bonds. The van der Waals surface area contributed by atoms with Gasteiger partial charge in [-0.1, -0.05) is 0 Å². The highest BCUT2D eigenvalue weighted by Gasteiger charge is 2.18. The molecular weight excluding hydrogens is 310 g/mol. The van der Waals surface area contributed by atoms with Crippen molar-refractivity contribution in [2.75, 3.05) is 7.11 Å². The van der Waals surface area contributed by atoms with Crippen LogP contribution in [-0.4, -0.2) is 23.0 Å². The fraction of sp³-hybridized carbons (Fsp3) is 0.167. The Hall–Kier alpha value is -2.99. The quantitative estimate of drug-likeness (QED) is 0.740. The third-order valence-electron chi connectivity index (χ3n) is 3.80. The van der Waals surface area contributed by atoms with Crippen molar-refractivity contribution in [1.82, 2.24) is 4.98 Å². The molecule has 0 saturated carbocycles. The first-order valence-electron chi connectivity index (χ1n) is 7.27. The van der Waals surface area contributed by atoms with Crippen molar-refractivity contribution >= 4 is 16.8 Å². The molecule has 3 rings (SSSR count). The summed E-state index contributed by atoms with van der Waals surface area (Å²) in [4.78, 5) is 28.9. The first kappa shape index (κ1) is 15.9. The molecule has 6 heteroatoms. The minimum atomic E-state index is -0.733. The van der Waals surface area contributed by atoms with E-state index in [1.165, 1.54) is 19.4 Å². The smallest absolute Gasteiger partial charge is 0.347 e. The van der Waals surface area contributed by atoms with Gasteiger partial charge in [0.25, 0.3) is 0 Å². The summed E-state index contributed by atoms with van der Waals surface area (Å²) < 4.78 is 10.3. The summed E-state index contributed by atoms with van der Waals surface area (Å²) in [7, 11) is 1.53. The van der Waals surface area contributed by atoms with Gasteiger partial charge in [-0.3, -0.25) is 9.78 Å². The number of hydrogen-bond donors (Lipinski definition) is 1. The van der Waals surface area contributed by atoms with Crippen LogP contribution in [0.15, 0.2) is 45.7 Å². The fourth-order valence-electron chi connectivity index (χ4n) is 2.46. The lowest BCUT2D eigenvalue weighted by atomic mass is 10.0. The third-order valence-corrected chi connectivity index (χ3v) is 3.80. The number of ketones is 1. The zero-order valence-electron chi connectivity index (χ0n) is 13.2. The van der Waals surface area contributed by atoms with Crippen molar-refractivity contribution in [2.45, 2.75) is 13.5 Å². The van der Waals surface area contributed by atoms with Crippen LogP contribution in [-0.2, 0) is 6.61 Å². The summed E-state index contributed by atoms with van der Waals surface area (Å²) >= 11 is 0. The van der Waals surface area contributed by atoms with E-state index in [0.29, 0.717) is 28.0 Å². The molecule has 0 aliphatic carbocycles. The maximum Gasteiger partial charge on any atom is 0.347 e. The monoisotopic (exact) mass is 325 g/mol. The Morgan fingerprint density at radius 1 is 1.29 bits per heavy atom. The van der Waals surface area contributed by atoms with E-state index in [1.54, 1.807) is 31.2 Å².